The Morgan fingerprint density at radius 2 is 0.778 bits per heavy atom. The van der Waals surface area contributed by atoms with Crippen LogP contribution in [0.3, 0.4) is 0 Å². The van der Waals surface area contributed by atoms with Crippen molar-refractivity contribution in [2.45, 2.75) is 71.1 Å². The molecule has 2 aromatic rings. The van der Waals surface area contributed by atoms with Crippen molar-refractivity contribution in [3.63, 3.8) is 0 Å². The van der Waals surface area contributed by atoms with E-state index in [0.717, 1.165) is 52.4 Å². The van der Waals surface area contributed by atoms with Gasteiger partial charge < -0.3 is 33.2 Å². The maximum absolute atomic E-state index is 7.08. The average molecular weight is 612 g/mol. The number of benzene rings is 2. The first-order valence-electron chi connectivity index (χ1n) is 18.1. The van der Waals surface area contributed by atoms with E-state index >= 15 is 0 Å². The lowest BCUT2D eigenvalue weighted by Crippen LogP contribution is -2.59. The first kappa shape index (κ1) is 33.3. The molecule has 1 unspecified atom stereocenters. The van der Waals surface area contributed by atoms with Gasteiger partial charge in [-0.3, -0.25) is 0 Å². The minimum absolute atomic E-state index is 0.0388. The molecule has 4 aliphatic rings. The maximum Gasteiger partial charge on any atom is 0.478 e. The van der Waals surface area contributed by atoms with Gasteiger partial charge in [-0.2, -0.15) is 0 Å². The normalized spacial score (nSPS) is 22.0. The molecule has 242 valence electrons. The number of hydrogen-bond acceptors (Lipinski definition) is 7. The molecule has 6 rings (SSSR count). The molecule has 2 aromatic carbocycles. The summed E-state index contributed by atoms with van der Waals surface area (Å²) in [7, 11) is 0.0882. The van der Waals surface area contributed by atoms with Gasteiger partial charge in [0, 0.05) is 25.2 Å². The summed E-state index contributed by atoms with van der Waals surface area (Å²) in [6.07, 6.45) is 12.8. The van der Waals surface area contributed by atoms with Crippen LogP contribution in [-0.2, 0) is 14.0 Å². The van der Waals surface area contributed by atoms with Gasteiger partial charge in [0.05, 0.1) is 0 Å². The Bertz CT molecular complexity index is 1040. The summed E-state index contributed by atoms with van der Waals surface area (Å²) in [5.74, 6) is 0. The Morgan fingerprint density at radius 3 is 1.13 bits per heavy atom. The Labute approximate surface area is 274 Å². The van der Waals surface area contributed by atoms with Gasteiger partial charge >= 0.3 is 21.3 Å². The van der Waals surface area contributed by atoms with Crippen LogP contribution in [0.25, 0.3) is 0 Å². The molecule has 45 heavy (non-hydrogen) atoms. The van der Waals surface area contributed by atoms with Crippen LogP contribution in [-0.4, -0.2) is 113 Å². The standard InChI is InChI=1S/C35H55B3N4O3/c1-35(32-45-38(41-26-14-15-27-41)42-28-16-17-29-42,30-43-36(33-18-6-2-7-19-33)34-20-8-3-9-21-34)31-44-37(39-22-10-4-11-23-39)40-24-12-5-13-25-40/h2-3,6-9,18-21H,4-5,10-17,22-32H2,1H3. The highest BCUT2D eigenvalue weighted by Crippen LogP contribution is 2.26. The summed E-state index contributed by atoms with van der Waals surface area (Å²) in [5.41, 5.74) is 2.04. The lowest BCUT2D eigenvalue weighted by atomic mass is 9.55. The van der Waals surface area contributed by atoms with Crippen molar-refractivity contribution in [1.29, 1.82) is 0 Å². The summed E-state index contributed by atoms with van der Waals surface area (Å²) in [6.45, 7) is 13.0. The van der Waals surface area contributed by atoms with Crippen LogP contribution in [0.4, 0.5) is 0 Å². The molecule has 4 heterocycles. The Morgan fingerprint density at radius 1 is 0.467 bits per heavy atom. The van der Waals surface area contributed by atoms with Gasteiger partial charge in [0.25, 0.3) is 0 Å². The van der Waals surface area contributed by atoms with Crippen molar-refractivity contribution < 1.29 is 14.0 Å². The maximum atomic E-state index is 7.08. The largest absolute Gasteiger partial charge is 0.478 e. The van der Waals surface area contributed by atoms with Gasteiger partial charge in [0.1, 0.15) is 0 Å². The van der Waals surface area contributed by atoms with E-state index in [0.29, 0.717) is 19.8 Å². The zero-order valence-corrected chi connectivity index (χ0v) is 27.9. The molecule has 0 radical (unpaired) electrons. The fraction of sp³-hybridized carbons (Fsp3) is 0.657. The van der Waals surface area contributed by atoms with E-state index in [1.54, 1.807) is 0 Å². The average Bonchev–Trinajstić information content (AvgIpc) is 3.83. The predicted molar refractivity (Wildman–Crippen MR) is 188 cm³/mol. The van der Waals surface area contributed by atoms with Crippen molar-refractivity contribution in [1.82, 2.24) is 19.2 Å². The fourth-order valence-electron chi connectivity index (χ4n) is 7.69. The van der Waals surface area contributed by atoms with Crippen molar-refractivity contribution in [3.05, 3.63) is 60.7 Å². The first-order chi connectivity index (χ1) is 22.2. The van der Waals surface area contributed by atoms with Crippen molar-refractivity contribution >= 4 is 32.2 Å². The van der Waals surface area contributed by atoms with E-state index < -0.39 is 0 Å². The van der Waals surface area contributed by atoms with Gasteiger partial charge in [-0.15, -0.1) is 0 Å². The van der Waals surface area contributed by atoms with Gasteiger partial charge in [-0.05, 0) is 115 Å². The van der Waals surface area contributed by atoms with E-state index in [-0.39, 0.29) is 26.7 Å². The molecule has 4 aliphatic heterocycles. The molecule has 0 saturated carbocycles. The fourth-order valence-corrected chi connectivity index (χ4v) is 7.69. The summed E-state index contributed by atoms with van der Waals surface area (Å²) in [4.78, 5) is 10.3. The lowest BCUT2D eigenvalue weighted by Gasteiger charge is -2.41. The Balaban J connectivity index is 1.22. The predicted octanol–water partition coefficient (Wildman–Crippen LogP) is 3.98. The van der Waals surface area contributed by atoms with E-state index in [4.69, 9.17) is 14.0 Å². The molecule has 4 fully saturated rings. The Kier molecular flexibility index (Phi) is 12.5. The SMILES string of the molecule is CC(COB(c1ccccc1)c1ccccc1)(COB(N1CCCCC1)N1CCCCC1)COB(N1CCCC1)N1CCCC1. The molecule has 0 aliphatic carbocycles. The third-order valence-electron chi connectivity index (χ3n) is 10.3. The third kappa shape index (κ3) is 9.25. The van der Waals surface area contributed by atoms with Crippen LogP contribution >= 0.6 is 0 Å². The highest BCUT2D eigenvalue weighted by atomic mass is 16.5. The first-order valence-corrected chi connectivity index (χ1v) is 18.1. The van der Waals surface area contributed by atoms with Crippen LogP contribution in [0, 0.1) is 5.41 Å². The molecule has 0 spiro atoms. The quantitative estimate of drug-likeness (QED) is 0.282. The molecule has 7 nitrogen and oxygen atoms in total. The third-order valence-corrected chi connectivity index (χ3v) is 10.3. The van der Waals surface area contributed by atoms with Crippen LogP contribution in [0.15, 0.2) is 60.7 Å². The zero-order chi connectivity index (χ0) is 30.7. The van der Waals surface area contributed by atoms with Crippen molar-refractivity contribution in [3.8, 4) is 0 Å². The second-order valence-electron chi connectivity index (χ2n) is 14.3. The van der Waals surface area contributed by atoms with E-state index in [9.17, 15) is 0 Å². The molecule has 0 amide bonds. The molecule has 1 atom stereocenters. The summed E-state index contributed by atoms with van der Waals surface area (Å²) in [5, 5.41) is 0. The minimum Gasteiger partial charge on any atom is -0.426 e. The molecule has 0 N–H and O–H groups in total. The topological polar surface area (TPSA) is 40.7 Å². The number of nitrogens with zero attached hydrogens (tertiary/aromatic N) is 4. The smallest absolute Gasteiger partial charge is 0.426 e. The van der Waals surface area contributed by atoms with E-state index in [2.05, 4.69) is 86.8 Å². The second kappa shape index (κ2) is 17.0. The van der Waals surface area contributed by atoms with E-state index in [1.807, 2.05) is 0 Å². The number of rotatable bonds is 15. The highest BCUT2D eigenvalue weighted by molar-refractivity contribution is 6.80. The van der Waals surface area contributed by atoms with E-state index in [1.165, 1.54) is 75.1 Å². The van der Waals surface area contributed by atoms with Gasteiger partial charge in [0.2, 0.25) is 0 Å². The van der Waals surface area contributed by atoms with Crippen LogP contribution in [0.2, 0.25) is 0 Å². The monoisotopic (exact) mass is 612 g/mol. The molecule has 0 bridgehead atoms. The zero-order valence-electron chi connectivity index (χ0n) is 27.9. The minimum atomic E-state index is -0.316. The number of piperidine rings is 2. The summed E-state index contributed by atoms with van der Waals surface area (Å²) in [6, 6.07) is 21.3. The molecule has 0 aromatic heterocycles. The highest BCUT2D eigenvalue weighted by Gasteiger charge is 2.41. The molecule has 4 saturated heterocycles. The van der Waals surface area contributed by atoms with Crippen LogP contribution in [0.5, 0.6) is 0 Å². The Hall–Kier alpha value is -1.65. The molecular formula is C35H55B3N4O3. The summed E-state index contributed by atoms with van der Waals surface area (Å²) < 4.78 is 21.1. The van der Waals surface area contributed by atoms with Crippen molar-refractivity contribution in [2.24, 2.45) is 5.41 Å². The second-order valence-corrected chi connectivity index (χ2v) is 14.3. The van der Waals surface area contributed by atoms with Crippen LogP contribution in [0.1, 0.15) is 71.1 Å². The van der Waals surface area contributed by atoms with Gasteiger partial charge in [0.15, 0.2) is 0 Å². The molecular weight excluding hydrogens is 557 g/mol. The molecule has 10 heteroatoms. The van der Waals surface area contributed by atoms with Gasteiger partial charge in [-0.25, -0.2) is 0 Å². The van der Waals surface area contributed by atoms with Crippen LogP contribution < -0.4 is 10.9 Å². The summed E-state index contributed by atoms with van der Waals surface area (Å²) >= 11 is 0. The van der Waals surface area contributed by atoms with Gasteiger partial charge in [-0.1, -0.05) is 80.4 Å². The number of hydrogen-bond donors (Lipinski definition) is 0. The van der Waals surface area contributed by atoms with Crippen molar-refractivity contribution in [2.75, 3.05) is 72.2 Å². The lowest BCUT2D eigenvalue weighted by molar-refractivity contribution is 0.0235.